The van der Waals surface area contributed by atoms with Crippen molar-refractivity contribution in [1.82, 2.24) is 5.32 Å². The standard InChI is InChI=1S/C13H17NO4S/c1-9(15)14-8-19-7-12(16)11-5-4-10(17-2)6-13(11)18-3/h4-6H,7-8H2,1-3H3,(H,14,15). The maximum atomic E-state index is 12.0. The third kappa shape index (κ3) is 4.82. The zero-order chi connectivity index (χ0) is 14.3. The van der Waals surface area contributed by atoms with E-state index in [0.29, 0.717) is 22.9 Å². The molecular formula is C13H17NO4S. The molecule has 5 nitrogen and oxygen atoms in total. The maximum Gasteiger partial charge on any atom is 0.217 e. The molecule has 1 aromatic carbocycles. The SMILES string of the molecule is COc1ccc(C(=O)CSCNC(C)=O)c(OC)c1. The van der Waals surface area contributed by atoms with E-state index in [-0.39, 0.29) is 17.4 Å². The van der Waals surface area contributed by atoms with Crippen molar-refractivity contribution < 1.29 is 19.1 Å². The number of nitrogens with one attached hydrogen (secondary N) is 1. The molecule has 0 radical (unpaired) electrons. The van der Waals surface area contributed by atoms with Crippen LogP contribution in [0.3, 0.4) is 0 Å². The molecule has 0 unspecified atom stereocenters. The van der Waals surface area contributed by atoms with Crippen molar-refractivity contribution >= 4 is 23.5 Å². The molecule has 0 bridgehead atoms. The molecule has 0 heterocycles. The molecule has 1 aromatic rings. The second-order valence-electron chi connectivity index (χ2n) is 3.72. The summed E-state index contributed by atoms with van der Waals surface area (Å²) in [6.07, 6.45) is 0. The van der Waals surface area contributed by atoms with Crippen LogP contribution < -0.4 is 14.8 Å². The lowest BCUT2D eigenvalue weighted by molar-refractivity contribution is -0.118. The first kappa shape index (κ1) is 15.4. The van der Waals surface area contributed by atoms with E-state index in [1.54, 1.807) is 25.3 Å². The molecule has 6 heteroatoms. The molecule has 0 aliphatic heterocycles. The lowest BCUT2D eigenvalue weighted by atomic mass is 10.1. The number of methoxy groups -OCH3 is 2. The molecule has 19 heavy (non-hydrogen) atoms. The molecule has 0 spiro atoms. The summed E-state index contributed by atoms with van der Waals surface area (Å²) >= 11 is 1.35. The first-order valence-electron chi connectivity index (χ1n) is 5.66. The van der Waals surface area contributed by atoms with Gasteiger partial charge in [-0.2, -0.15) is 0 Å². The Kier molecular flexibility index (Phi) is 6.21. The minimum atomic E-state index is -0.109. The lowest BCUT2D eigenvalue weighted by Crippen LogP contribution is -2.19. The molecule has 0 fully saturated rings. The van der Waals surface area contributed by atoms with Crippen molar-refractivity contribution in [2.75, 3.05) is 25.8 Å². The van der Waals surface area contributed by atoms with Crippen molar-refractivity contribution in [3.8, 4) is 11.5 Å². The normalized spacial score (nSPS) is 9.84. The Morgan fingerprint density at radius 2 is 2.00 bits per heavy atom. The number of thioether (sulfide) groups is 1. The van der Waals surface area contributed by atoms with Crippen LogP contribution in [0.15, 0.2) is 18.2 Å². The van der Waals surface area contributed by atoms with E-state index >= 15 is 0 Å². The predicted octanol–water partition coefficient (Wildman–Crippen LogP) is 1.71. The summed E-state index contributed by atoms with van der Waals surface area (Å²) in [6.45, 7) is 1.44. The van der Waals surface area contributed by atoms with E-state index in [0.717, 1.165) is 0 Å². The van der Waals surface area contributed by atoms with Gasteiger partial charge in [-0.3, -0.25) is 9.59 Å². The van der Waals surface area contributed by atoms with Gasteiger partial charge in [0, 0.05) is 13.0 Å². The molecule has 1 N–H and O–H groups in total. The molecule has 0 aliphatic carbocycles. The van der Waals surface area contributed by atoms with E-state index < -0.39 is 0 Å². The van der Waals surface area contributed by atoms with Gasteiger partial charge in [0.1, 0.15) is 11.5 Å². The number of carbonyl (C=O) groups is 2. The summed E-state index contributed by atoms with van der Waals surface area (Å²) in [6, 6.07) is 5.07. The Bertz CT molecular complexity index is 462. The van der Waals surface area contributed by atoms with Gasteiger partial charge in [0.05, 0.1) is 31.4 Å². The van der Waals surface area contributed by atoms with Gasteiger partial charge in [0.2, 0.25) is 5.91 Å². The number of hydrogen-bond donors (Lipinski definition) is 1. The van der Waals surface area contributed by atoms with Crippen LogP contribution in [0.25, 0.3) is 0 Å². The monoisotopic (exact) mass is 283 g/mol. The average molecular weight is 283 g/mol. The van der Waals surface area contributed by atoms with Gasteiger partial charge in [0.25, 0.3) is 0 Å². The molecule has 1 rings (SSSR count). The molecule has 0 saturated carbocycles. The van der Waals surface area contributed by atoms with Crippen molar-refractivity contribution in [2.24, 2.45) is 0 Å². The fourth-order valence-electron chi connectivity index (χ4n) is 1.40. The zero-order valence-electron chi connectivity index (χ0n) is 11.2. The Hall–Kier alpha value is -1.69. The van der Waals surface area contributed by atoms with Crippen molar-refractivity contribution in [1.29, 1.82) is 0 Å². The van der Waals surface area contributed by atoms with Crippen LogP contribution in [0.2, 0.25) is 0 Å². The van der Waals surface area contributed by atoms with Crippen LogP contribution in [-0.2, 0) is 4.79 Å². The van der Waals surface area contributed by atoms with Gasteiger partial charge >= 0.3 is 0 Å². The highest BCUT2D eigenvalue weighted by molar-refractivity contribution is 7.99. The van der Waals surface area contributed by atoms with Crippen molar-refractivity contribution in [2.45, 2.75) is 6.92 Å². The van der Waals surface area contributed by atoms with Gasteiger partial charge in [-0.1, -0.05) is 0 Å². The van der Waals surface area contributed by atoms with Crippen molar-refractivity contribution in [3.63, 3.8) is 0 Å². The number of hydrogen-bond acceptors (Lipinski definition) is 5. The van der Waals surface area contributed by atoms with E-state index in [9.17, 15) is 9.59 Å². The smallest absolute Gasteiger partial charge is 0.217 e. The molecule has 0 atom stereocenters. The summed E-state index contributed by atoms with van der Waals surface area (Å²) in [5.41, 5.74) is 0.513. The number of Topliss-reactive ketones (excluding diaryl/α,β-unsaturated/α-hetero) is 1. The number of carbonyl (C=O) groups excluding carboxylic acids is 2. The Balaban J connectivity index is 2.63. The summed E-state index contributed by atoms with van der Waals surface area (Å²) in [5.74, 6) is 1.67. The lowest BCUT2D eigenvalue weighted by Gasteiger charge is -2.09. The predicted molar refractivity (Wildman–Crippen MR) is 75.0 cm³/mol. The van der Waals surface area contributed by atoms with Gasteiger partial charge in [0.15, 0.2) is 5.78 Å². The van der Waals surface area contributed by atoms with E-state index in [4.69, 9.17) is 9.47 Å². The van der Waals surface area contributed by atoms with Crippen LogP contribution in [0.4, 0.5) is 0 Å². The Labute approximate surface area is 116 Å². The van der Waals surface area contributed by atoms with Crippen LogP contribution in [0.1, 0.15) is 17.3 Å². The molecule has 104 valence electrons. The summed E-state index contributed by atoms with van der Waals surface area (Å²) in [7, 11) is 3.07. The summed E-state index contributed by atoms with van der Waals surface area (Å²) < 4.78 is 10.2. The van der Waals surface area contributed by atoms with Crippen LogP contribution in [0.5, 0.6) is 11.5 Å². The van der Waals surface area contributed by atoms with Gasteiger partial charge in [-0.15, -0.1) is 11.8 Å². The fraction of sp³-hybridized carbons (Fsp3) is 0.385. The third-order valence-electron chi connectivity index (χ3n) is 2.37. The number of ether oxygens (including phenoxy) is 2. The molecule has 0 aliphatic rings. The molecular weight excluding hydrogens is 266 g/mol. The second kappa shape index (κ2) is 7.68. The maximum absolute atomic E-state index is 12.0. The second-order valence-corrected chi connectivity index (χ2v) is 4.70. The largest absolute Gasteiger partial charge is 0.497 e. The first-order valence-corrected chi connectivity index (χ1v) is 6.81. The highest BCUT2D eigenvalue weighted by Crippen LogP contribution is 2.25. The highest BCUT2D eigenvalue weighted by atomic mass is 32.2. The van der Waals surface area contributed by atoms with Crippen LogP contribution in [-0.4, -0.2) is 37.5 Å². The Morgan fingerprint density at radius 1 is 1.26 bits per heavy atom. The van der Waals surface area contributed by atoms with E-state index in [2.05, 4.69) is 5.32 Å². The Morgan fingerprint density at radius 3 is 2.58 bits per heavy atom. The van der Waals surface area contributed by atoms with Crippen molar-refractivity contribution in [3.05, 3.63) is 23.8 Å². The fourth-order valence-corrected chi connectivity index (χ4v) is 2.15. The van der Waals surface area contributed by atoms with Crippen LogP contribution >= 0.6 is 11.8 Å². The topological polar surface area (TPSA) is 64.6 Å². The number of benzene rings is 1. The molecule has 0 aromatic heterocycles. The molecule has 0 saturated heterocycles. The van der Waals surface area contributed by atoms with E-state index in [1.165, 1.54) is 25.8 Å². The number of ketones is 1. The minimum Gasteiger partial charge on any atom is -0.497 e. The zero-order valence-corrected chi connectivity index (χ0v) is 12.0. The minimum absolute atomic E-state index is 0.0464. The van der Waals surface area contributed by atoms with Gasteiger partial charge < -0.3 is 14.8 Å². The first-order chi connectivity index (χ1) is 9.08. The number of amides is 1. The van der Waals surface area contributed by atoms with Crippen LogP contribution in [0, 0.1) is 0 Å². The van der Waals surface area contributed by atoms with Gasteiger partial charge in [-0.05, 0) is 12.1 Å². The van der Waals surface area contributed by atoms with E-state index in [1.807, 2.05) is 0 Å². The van der Waals surface area contributed by atoms with Gasteiger partial charge in [-0.25, -0.2) is 0 Å². The summed E-state index contributed by atoms with van der Waals surface area (Å²) in [4.78, 5) is 22.7. The average Bonchev–Trinajstić information content (AvgIpc) is 2.42. The molecule has 1 amide bonds. The third-order valence-corrected chi connectivity index (χ3v) is 3.18. The number of rotatable bonds is 7. The highest BCUT2D eigenvalue weighted by Gasteiger charge is 2.13. The summed E-state index contributed by atoms with van der Waals surface area (Å²) in [5, 5.41) is 2.62. The quantitative estimate of drug-likeness (QED) is 0.469.